The highest BCUT2D eigenvalue weighted by Gasteiger charge is 2.00. The fourth-order valence-electron chi connectivity index (χ4n) is 0.735. The zero-order chi connectivity index (χ0) is 14.0. The van der Waals surface area contributed by atoms with Gasteiger partial charge in [-0.15, -0.1) is 0 Å². The minimum atomic E-state index is -0.935. The van der Waals surface area contributed by atoms with Gasteiger partial charge < -0.3 is 15.1 Å². The van der Waals surface area contributed by atoms with Gasteiger partial charge >= 0.3 is 11.9 Å². The maximum atomic E-state index is 10.4. The Kier molecular flexibility index (Phi) is 9.79. The maximum Gasteiger partial charge on any atom is 0.332 e. The van der Waals surface area contributed by atoms with Crippen molar-refractivity contribution in [3.05, 3.63) is 23.9 Å². The van der Waals surface area contributed by atoms with E-state index in [-0.39, 0.29) is 5.57 Å². The molecule has 0 saturated heterocycles. The van der Waals surface area contributed by atoms with Crippen LogP contribution in [0.4, 0.5) is 0 Å². The van der Waals surface area contributed by atoms with E-state index >= 15 is 0 Å². The summed E-state index contributed by atoms with van der Waals surface area (Å²) in [6, 6.07) is 0. The molecule has 0 rings (SSSR count). The molecule has 2 N–H and O–H groups in total. The number of hydrogen-bond acceptors (Lipinski definition) is 3. The molecule has 98 valence electrons. The molecule has 5 nitrogen and oxygen atoms in total. The molecule has 0 amide bonds. The normalized spacial score (nSPS) is 10.0. The quantitative estimate of drug-likeness (QED) is 0.722. The van der Waals surface area contributed by atoms with Gasteiger partial charge in [0.15, 0.2) is 0 Å². The monoisotopic (exact) mass is 243 g/mol. The summed E-state index contributed by atoms with van der Waals surface area (Å²) in [5.41, 5.74) is 0.559. The lowest BCUT2D eigenvalue weighted by atomic mass is 10.3. The number of rotatable bonds is 5. The van der Waals surface area contributed by atoms with E-state index in [2.05, 4.69) is 6.58 Å². The first-order chi connectivity index (χ1) is 7.76. The molecule has 0 spiro atoms. The molecule has 0 unspecified atom stereocenters. The maximum absolute atomic E-state index is 10.4. The third kappa shape index (κ3) is 10.5. The molecule has 0 aromatic rings. The van der Waals surface area contributed by atoms with Crippen molar-refractivity contribution < 1.29 is 19.8 Å². The second kappa shape index (κ2) is 9.45. The van der Waals surface area contributed by atoms with Crippen LogP contribution in [-0.2, 0) is 9.59 Å². The van der Waals surface area contributed by atoms with Crippen molar-refractivity contribution in [3.8, 4) is 0 Å². The smallest absolute Gasteiger partial charge is 0.332 e. The molecular formula is C12H21NO4. The van der Waals surface area contributed by atoms with Gasteiger partial charge in [-0.05, 0) is 27.7 Å². The van der Waals surface area contributed by atoms with E-state index < -0.39 is 11.9 Å². The van der Waals surface area contributed by atoms with Gasteiger partial charge in [-0.1, -0.05) is 6.58 Å². The van der Waals surface area contributed by atoms with E-state index in [1.807, 2.05) is 18.7 Å². The van der Waals surface area contributed by atoms with Crippen molar-refractivity contribution >= 4 is 11.9 Å². The largest absolute Gasteiger partial charge is 0.478 e. The first kappa shape index (κ1) is 17.6. The van der Waals surface area contributed by atoms with E-state index in [4.69, 9.17) is 10.2 Å². The van der Waals surface area contributed by atoms with Crippen molar-refractivity contribution in [2.75, 3.05) is 13.1 Å². The lowest BCUT2D eigenvalue weighted by Gasteiger charge is -2.15. The van der Waals surface area contributed by atoms with E-state index in [9.17, 15) is 9.59 Å². The molecule has 0 aliphatic heterocycles. The zero-order valence-corrected chi connectivity index (χ0v) is 10.9. The number of carboxylic acid groups (broad SMARTS) is 2. The fourth-order valence-corrected chi connectivity index (χ4v) is 0.735. The zero-order valence-electron chi connectivity index (χ0n) is 10.9. The number of hydrogen-bond donors (Lipinski definition) is 2. The molecule has 0 atom stereocenters. The lowest BCUT2D eigenvalue weighted by Crippen LogP contribution is -2.17. The summed E-state index contributed by atoms with van der Waals surface area (Å²) in [6.07, 6.45) is 1.67. The van der Waals surface area contributed by atoms with Crippen LogP contribution in [0.3, 0.4) is 0 Å². The molecule has 0 bridgehead atoms. The topological polar surface area (TPSA) is 77.8 Å². The Bertz CT molecular complexity index is 292. The van der Waals surface area contributed by atoms with Crippen LogP contribution in [0.15, 0.2) is 23.9 Å². The van der Waals surface area contributed by atoms with Gasteiger partial charge in [0.2, 0.25) is 0 Å². The van der Waals surface area contributed by atoms with Crippen LogP contribution < -0.4 is 0 Å². The molecule has 17 heavy (non-hydrogen) atoms. The minimum absolute atomic E-state index is 0.176. The molecule has 0 saturated carbocycles. The van der Waals surface area contributed by atoms with E-state index in [0.717, 1.165) is 13.1 Å². The van der Waals surface area contributed by atoms with Gasteiger partial charge in [0.25, 0.3) is 0 Å². The summed E-state index contributed by atoms with van der Waals surface area (Å²) in [5.74, 6) is -1.79. The Morgan fingerprint density at radius 1 is 1.12 bits per heavy atom. The van der Waals surface area contributed by atoms with Crippen LogP contribution in [-0.4, -0.2) is 40.1 Å². The van der Waals surface area contributed by atoms with Crippen LogP contribution in [0.1, 0.15) is 27.7 Å². The molecule has 0 aliphatic rings. The summed E-state index contributed by atoms with van der Waals surface area (Å²) < 4.78 is 0. The molecule has 0 fully saturated rings. The van der Waals surface area contributed by atoms with Crippen LogP contribution in [0.25, 0.3) is 0 Å². The highest BCUT2D eigenvalue weighted by Crippen LogP contribution is 1.96. The number of carboxylic acids is 2. The van der Waals surface area contributed by atoms with Gasteiger partial charge in [0, 0.05) is 30.4 Å². The third-order valence-electron chi connectivity index (χ3n) is 1.89. The molecule has 0 aliphatic carbocycles. The first-order valence-electron chi connectivity index (χ1n) is 5.30. The summed E-state index contributed by atoms with van der Waals surface area (Å²) in [7, 11) is 0. The third-order valence-corrected chi connectivity index (χ3v) is 1.89. The molecule has 0 radical (unpaired) electrons. The van der Waals surface area contributed by atoms with Crippen molar-refractivity contribution in [2.24, 2.45) is 0 Å². The van der Waals surface area contributed by atoms with Crippen LogP contribution in [0, 0.1) is 0 Å². The highest BCUT2D eigenvalue weighted by atomic mass is 16.4. The summed E-state index contributed by atoms with van der Waals surface area (Å²) in [4.78, 5) is 21.9. The number of nitrogens with zero attached hydrogens (tertiary/aromatic N) is 1. The SMILES string of the molecule is C=C(C)C(=O)O.CCN(C=C(C)C(=O)O)CC. The molecule has 0 aromatic heterocycles. The van der Waals surface area contributed by atoms with Gasteiger partial charge in [-0.25, -0.2) is 9.59 Å². The van der Waals surface area contributed by atoms with Crippen molar-refractivity contribution in [1.29, 1.82) is 0 Å². The lowest BCUT2D eigenvalue weighted by molar-refractivity contribution is -0.133. The standard InChI is InChI=1S/C8H15NO2.C4H6O2/c1-4-9(5-2)6-7(3)8(10)11;1-3(2)4(5)6/h6H,4-5H2,1-3H3,(H,10,11);1H2,2H3,(H,5,6). The van der Waals surface area contributed by atoms with Crippen LogP contribution in [0.2, 0.25) is 0 Å². The van der Waals surface area contributed by atoms with Gasteiger partial charge in [-0.2, -0.15) is 0 Å². The average molecular weight is 243 g/mol. The minimum Gasteiger partial charge on any atom is -0.478 e. The van der Waals surface area contributed by atoms with Gasteiger partial charge in [-0.3, -0.25) is 0 Å². The Morgan fingerprint density at radius 2 is 1.47 bits per heavy atom. The van der Waals surface area contributed by atoms with Gasteiger partial charge in [0.1, 0.15) is 0 Å². The summed E-state index contributed by atoms with van der Waals surface area (Å²) >= 11 is 0. The van der Waals surface area contributed by atoms with E-state index in [1.165, 1.54) is 6.92 Å². The second-order valence-electron chi connectivity index (χ2n) is 3.42. The molecule has 5 heteroatoms. The predicted octanol–water partition coefficient (Wildman–Crippen LogP) is 1.96. The summed E-state index contributed by atoms with van der Waals surface area (Å²) in [5, 5.41) is 16.4. The van der Waals surface area contributed by atoms with Crippen molar-refractivity contribution in [2.45, 2.75) is 27.7 Å². The number of carbonyl (C=O) groups is 2. The van der Waals surface area contributed by atoms with E-state index in [0.29, 0.717) is 5.57 Å². The molecule has 0 heterocycles. The highest BCUT2D eigenvalue weighted by molar-refractivity contribution is 5.85. The first-order valence-corrected chi connectivity index (χ1v) is 5.30. The summed E-state index contributed by atoms with van der Waals surface area (Å²) in [6.45, 7) is 11.9. The number of aliphatic carboxylic acids is 2. The Labute approximate surface area is 102 Å². The molecular weight excluding hydrogens is 222 g/mol. The second-order valence-corrected chi connectivity index (χ2v) is 3.42. The van der Waals surface area contributed by atoms with Crippen molar-refractivity contribution in [3.63, 3.8) is 0 Å². The van der Waals surface area contributed by atoms with E-state index in [1.54, 1.807) is 13.1 Å². The van der Waals surface area contributed by atoms with Gasteiger partial charge in [0.05, 0.1) is 0 Å². The van der Waals surface area contributed by atoms with Crippen LogP contribution >= 0.6 is 0 Å². The molecule has 0 aromatic carbocycles. The van der Waals surface area contributed by atoms with Crippen LogP contribution in [0.5, 0.6) is 0 Å². The fraction of sp³-hybridized carbons (Fsp3) is 0.500. The Morgan fingerprint density at radius 3 is 1.65 bits per heavy atom. The Balaban J connectivity index is 0. The predicted molar refractivity (Wildman–Crippen MR) is 66.8 cm³/mol. The Hall–Kier alpha value is -1.78. The average Bonchev–Trinajstić information content (AvgIpc) is 2.25. The van der Waals surface area contributed by atoms with Crippen molar-refractivity contribution in [1.82, 2.24) is 4.90 Å².